The fourth-order valence-electron chi connectivity index (χ4n) is 4.48. The van der Waals surface area contributed by atoms with E-state index in [1.165, 1.54) is 0 Å². The zero-order chi connectivity index (χ0) is 24.2. The van der Waals surface area contributed by atoms with Gasteiger partial charge < -0.3 is 0 Å². The molecule has 1 aliphatic carbocycles. The summed E-state index contributed by atoms with van der Waals surface area (Å²) in [7, 11) is 0. The Kier molecular flexibility index (Phi) is 6.69. The molecule has 0 bridgehead atoms. The number of allylic oxidation sites excluding steroid dienone is 4. The van der Waals surface area contributed by atoms with Crippen LogP contribution in [0.5, 0.6) is 0 Å². The van der Waals surface area contributed by atoms with Gasteiger partial charge in [-0.2, -0.15) is 0 Å². The summed E-state index contributed by atoms with van der Waals surface area (Å²) in [6.07, 6.45) is 2.85. The number of rotatable bonds is 6. The number of ketones is 2. The van der Waals surface area contributed by atoms with Crippen molar-refractivity contribution in [3.63, 3.8) is 0 Å². The maximum Gasteiger partial charge on any atom is 0.190 e. The molecule has 170 valence electrons. The first-order chi connectivity index (χ1) is 17.1. The van der Waals surface area contributed by atoms with E-state index < -0.39 is 0 Å². The fourth-order valence-corrected chi connectivity index (χ4v) is 4.75. The standard InChI is InChI=1S/C32H23BrO2/c33-27-17-15-22(16-18-27)26(21-31(34)24-11-5-2-6-12-24)20-29(23-9-3-1-4-10-23)30-19-25-13-7-8-14-28(25)32(30)35/h1-18,20H,19,21H2/b26-20-,30-29-. The Labute approximate surface area is 213 Å². The van der Waals surface area contributed by atoms with E-state index in [0.29, 0.717) is 12.0 Å². The van der Waals surface area contributed by atoms with Gasteiger partial charge in [0, 0.05) is 34.0 Å². The summed E-state index contributed by atoms with van der Waals surface area (Å²) >= 11 is 3.51. The van der Waals surface area contributed by atoms with Crippen LogP contribution in [0, 0.1) is 0 Å². The van der Waals surface area contributed by atoms with Crippen molar-refractivity contribution in [1.29, 1.82) is 0 Å². The molecule has 0 saturated heterocycles. The number of fused-ring (bicyclic) bond motifs is 1. The largest absolute Gasteiger partial charge is 0.294 e. The number of hydrogen-bond acceptors (Lipinski definition) is 2. The normalized spacial score (nSPS) is 14.5. The zero-order valence-electron chi connectivity index (χ0n) is 19.1. The first kappa shape index (κ1) is 22.9. The van der Waals surface area contributed by atoms with Gasteiger partial charge in [-0.05, 0) is 46.0 Å². The Morgan fingerprint density at radius 2 is 1.31 bits per heavy atom. The summed E-state index contributed by atoms with van der Waals surface area (Å²) in [5.74, 6) is 0.0958. The highest BCUT2D eigenvalue weighted by Gasteiger charge is 2.27. The van der Waals surface area contributed by atoms with Gasteiger partial charge >= 0.3 is 0 Å². The molecule has 4 aromatic carbocycles. The second-order valence-corrected chi connectivity index (χ2v) is 9.48. The maximum absolute atomic E-state index is 13.5. The lowest BCUT2D eigenvalue weighted by Crippen LogP contribution is -2.03. The highest BCUT2D eigenvalue weighted by molar-refractivity contribution is 9.10. The predicted molar refractivity (Wildman–Crippen MR) is 145 cm³/mol. The highest BCUT2D eigenvalue weighted by atomic mass is 79.9. The molecule has 0 aromatic heterocycles. The minimum absolute atomic E-state index is 0.0400. The lowest BCUT2D eigenvalue weighted by Gasteiger charge is -2.13. The van der Waals surface area contributed by atoms with Crippen LogP contribution < -0.4 is 0 Å². The van der Waals surface area contributed by atoms with Crippen LogP contribution in [0.2, 0.25) is 0 Å². The van der Waals surface area contributed by atoms with E-state index >= 15 is 0 Å². The van der Waals surface area contributed by atoms with Gasteiger partial charge in [-0.25, -0.2) is 0 Å². The smallest absolute Gasteiger partial charge is 0.190 e. The van der Waals surface area contributed by atoms with Crippen molar-refractivity contribution < 1.29 is 9.59 Å². The molecule has 0 aliphatic heterocycles. The topological polar surface area (TPSA) is 34.1 Å². The Bertz CT molecular complexity index is 1450. The van der Waals surface area contributed by atoms with E-state index in [0.717, 1.165) is 43.4 Å². The molecule has 3 heteroatoms. The quantitative estimate of drug-likeness (QED) is 0.191. The second-order valence-electron chi connectivity index (χ2n) is 8.56. The van der Waals surface area contributed by atoms with E-state index in [4.69, 9.17) is 0 Å². The molecule has 5 rings (SSSR count). The molecule has 0 heterocycles. The molecule has 0 atom stereocenters. The molecule has 4 aromatic rings. The molecular weight excluding hydrogens is 496 g/mol. The summed E-state index contributed by atoms with van der Waals surface area (Å²) < 4.78 is 0.970. The van der Waals surface area contributed by atoms with Gasteiger partial charge in [-0.1, -0.05) is 113 Å². The average Bonchev–Trinajstić information content (AvgIpc) is 3.24. The Hall–Kier alpha value is -3.82. The van der Waals surface area contributed by atoms with Crippen molar-refractivity contribution in [2.24, 2.45) is 0 Å². The molecule has 0 radical (unpaired) electrons. The second kappa shape index (κ2) is 10.2. The molecule has 0 saturated carbocycles. The summed E-state index contributed by atoms with van der Waals surface area (Å²) in [5.41, 5.74) is 6.90. The number of carbonyl (C=O) groups is 2. The van der Waals surface area contributed by atoms with E-state index in [1.807, 2.05) is 115 Å². The third-order valence-corrected chi connectivity index (χ3v) is 6.82. The Morgan fingerprint density at radius 3 is 1.97 bits per heavy atom. The summed E-state index contributed by atoms with van der Waals surface area (Å²) in [6, 6.07) is 35.1. The fraction of sp³-hybridized carbons (Fsp3) is 0.0625. The number of hydrogen-bond donors (Lipinski definition) is 0. The van der Waals surface area contributed by atoms with Crippen molar-refractivity contribution >= 4 is 38.6 Å². The molecule has 35 heavy (non-hydrogen) atoms. The average molecular weight is 519 g/mol. The lowest BCUT2D eigenvalue weighted by molar-refractivity contribution is 0.0997. The van der Waals surface area contributed by atoms with Crippen LogP contribution in [0.1, 0.15) is 43.8 Å². The first-order valence-corrected chi connectivity index (χ1v) is 12.4. The molecule has 0 unspecified atom stereocenters. The third kappa shape index (κ3) is 5.01. The van der Waals surface area contributed by atoms with E-state index in [2.05, 4.69) is 15.9 Å². The van der Waals surface area contributed by atoms with Gasteiger partial charge in [0.2, 0.25) is 0 Å². The van der Waals surface area contributed by atoms with Gasteiger partial charge in [-0.3, -0.25) is 9.59 Å². The Morgan fingerprint density at radius 1 is 0.714 bits per heavy atom. The maximum atomic E-state index is 13.5. The van der Waals surface area contributed by atoms with Crippen LogP contribution in [0.25, 0.3) is 11.1 Å². The highest BCUT2D eigenvalue weighted by Crippen LogP contribution is 2.35. The molecular formula is C32H23BrO2. The predicted octanol–water partition coefficient (Wildman–Crippen LogP) is 8.00. The van der Waals surface area contributed by atoms with Crippen LogP contribution >= 0.6 is 15.9 Å². The molecule has 0 amide bonds. The van der Waals surface area contributed by atoms with Crippen molar-refractivity contribution in [3.8, 4) is 0 Å². The molecule has 1 aliphatic rings. The van der Waals surface area contributed by atoms with Gasteiger partial charge in [0.15, 0.2) is 11.6 Å². The summed E-state index contributed by atoms with van der Waals surface area (Å²) in [6.45, 7) is 0. The SMILES string of the molecule is O=C(C/C(=C/C(=C1\Cc2ccccc2C1=O)c1ccccc1)c1ccc(Br)cc1)c1ccccc1. The number of Topliss-reactive ketones (excluding diaryl/α,β-unsaturated/α-hetero) is 2. The first-order valence-electron chi connectivity index (χ1n) is 11.6. The van der Waals surface area contributed by atoms with Crippen LogP contribution in [0.15, 0.2) is 125 Å². The van der Waals surface area contributed by atoms with E-state index in [9.17, 15) is 9.59 Å². The van der Waals surface area contributed by atoms with Crippen LogP contribution in [0.4, 0.5) is 0 Å². The van der Waals surface area contributed by atoms with Gasteiger partial charge in [0.1, 0.15) is 0 Å². The third-order valence-electron chi connectivity index (χ3n) is 6.29. The lowest BCUT2D eigenvalue weighted by atomic mass is 9.90. The van der Waals surface area contributed by atoms with E-state index in [1.54, 1.807) is 0 Å². The summed E-state index contributed by atoms with van der Waals surface area (Å²) in [4.78, 5) is 26.7. The van der Waals surface area contributed by atoms with Gasteiger partial charge in [0.05, 0.1) is 0 Å². The van der Waals surface area contributed by atoms with Crippen molar-refractivity contribution in [3.05, 3.63) is 153 Å². The van der Waals surface area contributed by atoms with Gasteiger partial charge in [0.25, 0.3) is 0 Å². The number of benzene rings is 4. The van der Waals surface area contributed by atoms with Crippen molar-refractivity contribution in [2.75, 3.05) is 0 Å². The molecule has 0 N–H and O–H groups in total. The van der Waals surface area contributed by atoms with Gasteiger partial charge in [-0.15, -0.1) is 0 Å². The molecule has 2 nitrogen and oxygen atoms in total. The monoisotopic (exact) mass is 518 g/mol. The minimum atomic E-state index is 0.0400. The van der Waals surface area contributed by atoms with Crippen molar-refractivity contribution in [2.45, 2.75) is 12.8 Å². The molecule has 0 fully saturated rings. The Balaban J connectivity index is 1.66. The zero-order valence-corrected chi connectivity index (χ0v) is 20.7. The van der Waals surface area contributed by atoms with Crippen LogP contribution in [-0.2, 0) is 6.42 Å². The van der Waals surface area contributed by atoms with Crippen LogP contribution in [-0.4, -0.2) is 11.6 Å². The minimum Gasteiger partial charge on any atom is -0.294 e. The summed E-state index contributed by atoms with van der Waals surface area (Å²) in [5, 5.41) is 0. The van der Waals surface area contributed by atoms with Crippen molar-refractivity contribution in [1.82, 2.24) is 0 Å². The van der Waals surface area contributed by atoms with E-state index in [-0.39, 0.29) is 18.0 Å². The molecule has 0 spiro atoms. The van der Waals surface area contributed by atoms with Crippen LogP contribution in [0.3, 0.4) is 0 Å². The number of halogens is 1. The number of carbonyl (C=O) groups excluding carboxylic acids is 2.